The van der Waals surface area contributed by atoms with E-state index in [1.807, 2.05) is 6.26 Å². The van der Waals surface area contributed by atoms with Crippen molar-refractivity contribution in [3.8, 4) is 0 Å². The van der Waals surface area contributed by atoms with E-state index < -0.39 is 23.5 Å². The van der Waals surface area contributed by atoms with Gasteiger partial charge in [0.2, 0.25) is 0 Å². The minimum atomic E-state index is -0.744. The summed E-state index contributed by atoms with van der Waals surface area (Å²) in [5.41, 5.74) is -0.566. The topological polar surface area (TPSA) is 52.6 Å². The second-order valence-corrected chi connectivity index (χ2v) is 5.77. The lowest BCUT2D eigenvalue weighted by Crippen LogP contribution is -2.34. The molecule has 0 spiro atoms. The Morgan fingerprint density at radius 3 is 2.69 bits per heavy atom. The van der Waals surface area contributed by atoms with Crippen molar-refractivity contribution in [3.63, 3.8) is 0 Å². The summed E-state index contributed by atoms with van der Waals surface area (Å²) in [5, 5.41) is 0. The smallest absolute Gasteiger partial charge is 0.321 e. The molecule has 0 amide bonds. The summed E-state index contributed by atoms with van der Waals surface area (Å²) in [7, 11) is 0. The number of rotatable bonds is 3. The van der Waals surface area contributed by atoms with Crippen LogP contribution in [0.2, 0.25) is 0 Å². The van der Waals surface area contributed by atoms with Crippen molar-refractivity contribution in [2.24, 2.45) is 11.8 Å². The lowest BCUT2D eigenvalue weighted by atomic mass is 9.97. The molecule has 1 heterocycles. The molecule has 0 aromatic heterocycles. The summed E-state index contributed by atoms with van der Waals surface area (Å²) in [4.78, 5) is 23.3. The van der Waals surface area contributed by atoms with Crippen molar-refractivity contribution >= 4 is 23.7 Å². The Morgan fingerprint density at radius 1 is 1.56 bits per heavy atom. The first-order valence-electron chi connectivity index (χ1n) is 5.23. The Kier molecular flexibility index (Phi) is 4.24. The highest BCUT2D eigenvalue weighted by molar-refractivity contribution is 7.98. The SMILES string of the molecule is CSC[C@@H]1COC(=O)[C@H]1C(=O)OC(C)(C)C. The zero-order valence-corrected chi connectivity index (χ0v) is 10.9. The number of carbonyl (C=O) groups excluding carboxylic acids is 2. The van der Waals surface area contributed by atoms with Gasteiger partial charge in [0.15, 0.2) is 5.92 Å². The summed E-state index contributed by atoms with van der Waals surface area (Å²) in [6, 6.07) is 0. The van der Waals surface area contributed by atoms with Crippen LogP contribution in [0.3, 0.4) is 0 Å². The van der Waals surface area contributed by atoms with E-state index in [1.165, 1.54) is 0 Å². The van der Waals surface area contributed by atoms with E-state index in [9.17, 15) is 9.59 Å². The monoisotopic (exact) mass is 246 g/mol. The van der Waals surface area contributed by atoms with Gasteiger partial charge in [0, 0.05) is 11.7 Å². The molecule has 1 saturated heterocycles. The fourth-order valence-corrected chi connectivity index (χ4v) is 2.30. The summed E-state index contributed by atoms with van der Waals surface area (Å²) >= 11 is 1.60. The Bertz CT molecular complexity index is 282. The third-order valence-corrected chi connectivity index (χ3v) is 2.97. The van der Waals surface area contributed by atoms with Crippen LogP contribution in [0.1, 0.15) is 20.8 Å². The van der Waals surface area contributed by atoms with Gasteiger partial charge in [0.05, 0.1) is 6.61 Å². The largest absolute Gasteiger partial charge is 0.465 e. The van der Waals surface area contributed by atoms with Gasteiger partial charge in [0.25, 0.3) is 0 Å². The van der Waals surface area contributed by atoms with Gasteiger partial charge in [0.1, 0.15) is 5.60 Å². The number of carbonyl (C=O) groups is 2. The van der Waals surface area contributed by atoms with Crippen LogP contribution in [0.5, 0.6) is 0 Å². The quantitative estimate of drug-likeness (QED) is 0.557. The van der Waals surface area contributed by atoms with Gasteiger partial charge in [-0.05, 0) is 27.0 Å². The minimum Gasteiger partial charge on any atom is -0.465 e. The molecule has 1 fully saturated rings. The third-order valence-electron chi connectivity index (χ3n) is 2.21. The molecular formula is C11H18O4S. The van der Waals surface area contributed by atoms with E-state index in [0.29, 0.717) is 6.61 Å². The molecule has 0 aromatic rings. The van der Waals surface area contributed by atoms with E-state index in [2.05, 4.69) is 0 Å². The van der Waals surface area contributed by atoms with Gasteiger partial charge in [-0.15, -0.1) is 0 Å². The summed E-state index contributed by atoms with van der Waals surface area (Å²) in [6.45, 7) is 5.68. The zero-order valence-electron chi connectivity index (χ0n) is 10.1. The van der Waals surface area contributed by atoms with Crippen LogP contribution in [-0.4, -0.2) is 36.2 Å². The van der Waals surface area contributed by atoms with Crippen molar-refractivity contribution in [3.05, 3.63) is 0 Å². The highest BCUT2D eigenvalue weighted by Gasteiger charge is 2.44. The average Bonchev–Trinajstić information content (AvgIpc) is 2.44. The van der Waals surface area contributed by atoms with E-state index in [4.69, 9.17) is 9.47 Å². The summed E-state index contributed by atoms with van der Waals surface area (Å²) in [6.07, 6.45) is 1.94. The molecule has 0 saturated carbocycles. The third kappa shape index (κ3) is 3.40. The molecule has 1 rings (SSSR count). The number of cyclic esters (lactones) is 1. The molecule has 0 bridgehead atoms. The molecule has 0 aromatic carbocycles. The van der Waals surface area contributed by atoms with Gasteiger partial charge < -0.3 is 9.47 Å². The standard InChI is InChI=1S/C11H18O4S/c1-11(2,3)15-10(13)8-7(6-16-4)5-14-9(8)12/h7-8H,5-6H2,1-4H3/t7-,8-/m0/s1. The second kappa shape index (κ2) is 5.08. The predicted octanol–water partition coefficient (Wildman–Crippen LogP) is 1.48. The van der Waals surface area contributed by atoms with Crippen molar-refractivity contribution in [2.45, 2.75) is 26.4 Å². The van der Waals surface area contributed by atoms with E-state index >= 15 is 0 Å². The molecule has 4 nitrogen and oxygen atoms in total. The molecular weight excluding hydrogens is 228 g/mol. The first kappa shape index (κ1) is 13.4. The van der Waals surface area contributed by atoms with Gasteiger partial charge in [-0.2, -0.15) is 11.8 Å². The predicted molar refractivity (Wildman–Crippen MR) is 62.2 cm³/mol. The fraction of sp³-hybridized carbons (Fsp3) is 0.818. The molecule has 92 valence electrons. The fourth-order valence-electron chi connectivity index (χ4n) is 1.58. The number of thioether (sulfide) groups is 1. The highest BCUT2D eigenvalue weighted by Crippen LogP contribution is 2.27. The zero-order chi connectivity index (χ0) is 12.3. The van der Waals surface area contributed by atoms with Crippen molar-refractivity contribution in [1.29, 1.82) is 0 Å². The van der Waals surface area contributed by atoms with Gasteiger partial charge in [-0.1, -0.05) is 0 Å². The highest BCUT2D eigenvalue weighted by atomic mass is 32.2. The van der Waals surface area contributed by atoms with Crippen molar-refractivity contribution in [1.82, 2.24) is 0 Å². The van der Waals surface area contributed by atoms with Crippen LogP contribution in [0.15, 0.2) is 0 Å². The first-order chi connectivity index (χ1) is 7.35. The van der Waals surface area contributed by atoms with Gasteiger partial charge >= 0.3 is 11.9 Å². The number of hydrogen-bond acceptors (Lipinski definition) is 5. The molecule has 1 aliphatic heterocycles. The molecule has 16 heavy (non-hydrogen) atoms. The van der Waals surface area contributed by atoms with Crippen LogP contribution < -0.4 is 0 Å². The maximum atomic E-state index is 11.8. The van der Waals surface area contributed by atoms with Gasteiger partial charge in [-0.3, -0.25) is 9.59 Å². The van der Waals surface area contributed by atoms with Crippen LogP contribution in [0.4, 0.5) is 0 Å². The Morgan fingerprint density at radius 2 is 2.19 bits per heavy atom. The van der Waals surface area contributed by atoms with Crippen LogP contribution in [0.25, 0.3) is 0 Å². The minimum absolute atomic E-state index is 0.0580. The molecule has 1 aliphatic rings. The maximum absolute atomic E-state index is 11.8. The maximum Gasteiger partial charge on any atom is 0.321 e. The molecule has 0 N–H and O–H groups in total. The van der Waals surface area contributed by atoms with Crippen molar-refractivity contribution in [2.75, 3.05) is 18.6 Å². The second-order valence-electron chi connectivity index (χ2n) is 4.86. The Balaban J connectivity index is 2.68. The Labute approximate surface area is 100 Å². The van der Waals surface area contributed by atoms with Crippen LogP contribution in [0, 0.1) is 11.8 Å². The summed E-state index contributed by atoms with van der Waals surface area (Å²) in [5.74, 6) is -0.985. The van der Waals surface area contributed by atoms with Crippen LogP contribution in [-0.2, 0) is 19.1 Å². The normalized spacial score (nSPS) is 25.4. The van der Waals surface area contributed by atoms with Gasteiger partial charge in [-0.25, -0.2) is 0 Å². The van der Waals surface area contributed by atoms with E-state index in [1.54, 1.807) is 32.5 Å². The number of ether oxygens (including phenoxy) is 2. The summed E-state index contributed by atoms with van der Waals surface area (Å²) < 4.78 is 10.1. The van der Waals surface area contributed by atoms with E-state index in [-0.39, 0.29) is 5.92 Å². The molecule has 0 aliphatic carbocycles. The first-order valence-corrected chi connectivity index (χ1v) is 6.63. The molecule has 5 heteroatoms. The molecule has 0 unspecified atom stereocenters. The number of hydrogen-bond donors (Lipinski definition) is 0. The molecule has 2 atom stereocenters. The Hall–Kier alpha value is -0.710. The lowest BCUT2D eigenvalue weighted by molar-refractivity contribution is -0.165. The van der Waals surface area contributed by atoms with E-state index in [0.717, 1.165) is 5.75 Å². The van der Waals surface area contributed by atoms with Crippen molar-refractivity contribution < 1.29 is 19.1 Å². The average molecular weight is 246 g/mol. The van der Waals surface area contributed by atoms with Crippen LogP contribution >= 0.6 is 11.8 Å². The lowest BCUT2D eigenvalue weighted by Gasteiger charge is -2.22. The number of esters is 2. The molecule has 0 radical (unpaired) electrons.